The predicted molar refractivity (Wildman–Crippen MR) is 75.9 cm³/mol. The summed E-state index contributed by atoms with van der Waals surface area (Å²) in [5.74, 6) is -1.66. The van der Waals surface area contributed by atoms with Gasteiger partial charge in [-0.1, -0.05) is 46.3 Å². The molecule has 2 aromatic carbocycles. The van der Waals surface area contributed by atoms with Gasteiger partial charge in [-0.15, -0.1) is 0 Å². The van der Waals surface area contributed by atoms with Crippen molar-refractivity contribution in [2.24, 2.45) is 5.73 Å². The Morgan fingerprint density at radius 1 is 1.16 bits per heavy atom. The summed E-state index contributed by atoms with van der Waals surface area (Å²) < 4.78 is 27.7. The molecule has 4 heteroatoms. The van der Waals surface area contributed by atoms with Gasteiger partial charge < -0.3 is 5.73 Å². The third-order valence-corrected chi connectivity index (χ3v) is 4.18. The molecule has 19 heavy (non-hydrogen) atoms. The van der Waals surface area contributed by atoms with E-state index in [-0.39, 0.29) is 12.5 Å². The Balaban J connectivity index is 2.28. The van der Waals surface area contributed by atoms with E-state index >= 15 is 0 Å². The Hall–Kier alpha value is -1.26. The lowest BCUT2D eigenvalue weighted by Crippen LogP contribution is -2.15. The maximum Gasteiger partial charge on any atom is 0.162 e. The molecule has 0 aliphatic rings. The first-order chi connectivity index (χ1) is 9.00. The number of rotatable bonds is 3. The van der Waals surface area contributed by atoms with Crippen LogP contribution in [-0.2, 0) is 6.42 Å². The predicted octanol–water partition coefficient (Wildman–Crippen LogP) is 4.28. The highest BCUT2D eigenvalue weighted by Crippen LogP contribution is 2.28. The molecule has 0 amide bonds. The molecule has 1 unspecified atom stereocenters. The van der Waals surface area contributed by atoms with Gasteiger partial charge in [0.05, 0.1) is 0 Å². The fraction of sp³-hybridized carbons (Fsp3) is 0.200. The summed E-state index contributed by atoms with van der Waals surface area (Å²) >= 11 is 3.48. The molecule has 0 aliphatic heterocycles. The summed E-state index contributed by atoms with van der Waals surface area (Å²) in [5, 5.41) is 0. The lowest BCUT2D eigenvalue weighted by molar-refractivity contribution is 0.494. The lowest BCUT2D eigenvalue weighted by atomic mass is 9.98. The minimum Gasteiger partial charge on any atom is -0.324 e. The van der Waals surface area contributed by atoms with Crippen molar-refractivity contribution in [2.75, 3.05) is 0 Å². The average Bonchev–Trinajstić information content (AvgIpc) is 2.38. The van der Waals surface area contributed by atoms with E-state index in [4.69, 9.17) is 5.73 Å². The van der Waals surface area contributed by atoms with Crippen molar-refractivity contribution in [1.82, 2.24) is 0 Å². The van der Waals surface area contributed by atoms with Crippen LogP contribution in [0.5, 0.6) is 0 Å². The standard InChI is InChI=1S/C15H14BrF2N/c1-9-4-2-6-11(14(9)16)13(19)8-10-5-3-7-12(17)15(10)18/h2-7,13H,8,19H2,1H3. The van der Waals surface area contributed by atoms with Crippen LogP contribution in [0.4, 0.5) is 8.78 Å². The molecule has 0 saturated heterocycles. The SMILES string of the molecule is Cc1cccc(C(N)Cc2cccc(F)c2F)c1Br. The maximum absolute atomic E-state index is 13.6. The fourth-order valence-electron chi connectivity index (χ4n) is 2.01. The van der Waals surface area contributed by atoms with Gasteiger partial charge >= 0.3 is 0 Å². The van der Waals surface area contributed by atoms with Crippen molar-refractivity contribution in [2.45, 2.75) is 19.4 Å². The molecule has 2 aromatic rings. The van der Waals surface area contributed by atoms with Gasteiger partial charge in [0, 0.05) is 10.5 Å². The number of hydrogen-bond acceptors (Lipinski definition) is 1. The fourth-order valence-corrected chi connectivity index (χ4v) is 2.57. The first kappa shape index (κ1) is 14.2. The van der Waals surface area contributed by atoms with Crippen LogP contribution in [0, 0.1) is 18.6 Å². The largest absolute Gasteiger partial charge is 0.324 e. The van der Waals surface area contributed by atoms with Gasteiger partial charge in [0.25, 0.3) is 0 Å². The Bertz CT molecular complexity index is 599. The molecule has 2 rings (SSSR count). The Labute approximate surface area is 119 Å². The topological polar surface area (TPSA) is 26.0 Å². The van der Waals surface area contributed by atoms with E-state index in [9.17, 15) is 8.78 Å². The maximum atomic E-state index is 13.6. The zero-order valence-electron chi connectivity index (χ0n) is 10.5. The van der Waals surface area contributed by atoms with Gasteiger partial charge in [-0.05, 0) is 36.1 Å². The third-order valence-electron chi connectivity index (χ3n) is 3.09. The summed E-state index contributed by atoms with van der Waals surface area (Å²) in [6.07, 6.45) is 0.256. The van der Waals surface area contributed by atoms with Gasteiger partial charge in [0.2, 0.25) is 0 Å². The molecule has 0 spiro atoms. The zero-order valence-corrected chi connectivity index (χ0v) is 12.0. The first-order valence-electron chi connectivity index (χ1n) is 5.94. The van der Waals surface area contributed by atoms with Crippen LogP contribution in [0.3, 0.4) is 0 Å². The second-order valence-electron chi connectivity index (χ2n) is 4.50. The highest BCUT2D eigenvalue weighted by atomic mass is 79.9. The Kier molecular flexibility index (Phi) is 4.32. The lowest BCUT2D eigenvalue weighted by Gasteiger charge is -2.16. The van der Waals surface area contributed by atoms with E-state index in [0.29, 0.717) is 5.56 Å². The third kappa shape index (κ3) is 3.01. The van der Waals surface area contributed by atoms with Crippen molar-refractivity contribution in [3.05, 3.63) is 69.2 Å². The summed E-state index contributed by atoms with van der Waals surface area (Å²) in [6.45, 7) is 1.96. The van der Waals surface area contributed by atoms with Crippen molar-refractivity contribution in [3.8, 4) is 0 Å². The molecular weight excluding hydrogens is 312 g/mol. The molecule has 0 aromatic heterocycles. The molecule has 0 bridgehead atoms. The smallest absolute Gasteiger partial charge is 0.162 e. The zero-order chi connectivity index (χ0) is 14.0. The number of benzene rings is 2. The van der Waals surface area contributed by atoms with Crippen LogP contribution >= 0.6 is 15.9 Å². The molecule has 0 heterocycles. The molecule has 0 radical (unpaired) electrons. The highest BCUT2D eigenvalue weighted by molar-refractivity contribution is 9.10. The van der Waals surface area contributed by atoms with Crippen LogP contribution in [0.15, 0.2) is 40.9 Å². The molecule has 0 aliphatic carbocycles. The number of halogens is 3. The minimum absolute atomic E-state index is 0.256. The second kappa shape index (κ2) is 5.80. The summed E-state index contributed by atoms with van der Waals surface area (Å²) in [7, 11) is 0. The summed E-state index contributed by atoms with van der Waals surface area (Å²) in [4.78, 5) is 0. The van der Waals surface area contributed by atoms with E-state index in [1.807, 2.05) is 25.1 Å². The molecule has 0 fully saturated rings. The molecule has 2 N–H and O–H groups in total. The molecular formula is C15H14BrF2N. The molecule has 100 valence electrons. The van der Waals surface area contributed by atoms with E-state index in [0.717, 1.165) is 21.7 Å². The molecule has 0 saturated carbocycles. The molecule has 1 nitrogen and oxygen atoms in total. The van der Waals surface area contributed by atoms with Gasteiger partial charge in [0.1, 0.15) is 0 Å². The highest BCUT2D eigenvalue weighted by Gasteiger charge is 2.15. The van der Waals surface area contributed by atoms with E-state index in [2.05, 4.69) is 15.9 Å². The van der Waals surface area contributed by atoms with E-state index in [1.54, 1.807) is 6.07 Å². The van der Waals surface area contributed by atoms with Crippen molar-refractivity contribution >= 4 is 15.9 Å². The van der Waals surface area contributed by atoms with Gasteiger partial charge in [-0.25, -0.2) is 8.78 Å². The summed E-state index contributed by atoms with van der Waals surface area (Å²) in [5.41, 5.74) is 8.34. The molecule has 1 atom stereocenters. The van der Waals surface area contributed by atoms with Gasteiger partial charge in [0.15, 0.2) is 11.6 Å². The van der Waals surface area contributed by atoms with E-state index < -0.39 is 11.6 Å². The monoisotopic (exact) mass is 325 g/mol. The van der Waals surface area contributed by atoms with Crippen molar-refractivity contribution in [1.29, 1.82) is 0 Å². The first-order valence-corrected chi connectivity index (χ1v) is 6.73. The van der Waals surface area contributed by atoms with Crippen LogP contribution in [0.1, 0.15) is 22.7 Å². The Morgan fingerprint density at radius 3 is 2.58 bits per heavy atom. The van der Waals surface area contributed by atoms with Gasteiger partial charge in [-0.2, -0.15) is 0 Å². The Morgan fingerprint density at radius 2 is 1.84 bits per heavy atom. The summed E-state index contributed by atoms with van der Waals surface area (Å²) in [6, 6.07) is 9.52. The van der Waals surface area contributed by atoms with E-state index in [1.165, 1.54) is 6.07 Å². The number of nitrogens with two attached hydrogens (primary N) is 1. The normalized spacial score (nSPS) is 12.5. The quantitative estimate of drug-likeness (QED) is 0.895. The van der Waals surface area contributed by atoms with Crippen LogP contribution in [0.25, 0.3) is 0 Å². The number of aryl methyl sites for hydroxylation is 1. The van der Waals surface area contributed by atoms with Gasteiger partial charge in [-0.3, -0.25) is 0 Å². The van der Waals surface area contributed by atoms with Crippen molar-refractivity contribution < 1.29 is 8.78 Å². The second-order valence-corrected chi connectivity index (χ2v) is 5.29. The average molecular weight is 326 g/mol. The van der Waals surface area contributed by atoms with Crippen molar-refractivity contribution in [3.63, 3.8) is 0 Å². The number of hydrogen-bond donors (Lipinski definition) is 1. The van der Waals surface area contributed by atoms with Crippen LogP contribution in [0.2, 0.25) is 0 Å². The van der Waals surface area contributed by atoms with Crippen LogP contribution < -0.4 is 5.73 Å². The van der Waals surface area contributed by atoms with Crippen LogP contribution in [-0.4, -0.2) is 0 Å². The minimum atomic E-state index is -0.840.